The number of benzene rings is 2. The van der Waals surface area contributed by atoms with Crippen LogP contribution in [0.3, 0.4) is 0 Å². The second-order valence-corrected chi connectivity index (χ2v) is 8.03. The summed E-state index contributed by atoms with van der Waals surface area (Å²) in [7, 11) is 0. The molecule has 0 amide bonds. The molecule has 8 heteroatoms. The van der Waals surface area contributed by atoms with Crippen LogP contribution in [-0.4, -0.2) is 31.8 Å². The molecule has 1 heterocycles. The monoisotopic (exact) mass is 499 g/mol. The van der Waals surface area contributed by atoms with Gasteiger partial charge in [0.15, 0.2) is 6.67 Å². The first-order valence-electron chi connectivity index (χ1n) is 11.6. The van der Waals surface area contributed by atoms with Crippen LogP contribution in [0.15, 0.2) is 83.2 Å². The quantitative estimate of drug-likeness (QED) is 0.442. The van der Waals surface area contributed by atoms with Crippen LogP contribution in [0.25, 0.3) is 6.08 Å². The molecule has 0 aromatic heterocycles. The molecule has 0 radical (unpaired) electrons. The van der Waals surface area contributed by atoms with Gasteiger partial charge in [-0.1, -0.05) is 60.7 Å². The van der Waals surface area contributed by atoms with Crippen molar-refractivity contribution in [1.82, 2.24) is 5.32 Å². The molecule has 0 aliphatic carbocycles. The summed E-state index contributed by atoms with van der Waals surface area (Å²) in [5, 5.41) is 3.05. The van der Waals surface area contributed by atoms with Gasteiger partial charge in [-0.15, -0.1) is 0 Å². The average molecular weight is 500 g/mol. The Morgan fingerprint density at radius 2 is 1.50 bits per heavy atom. The first-order valence-corrected chi connectivity index (χ1v) is 11.6. The summed E-state index contributed by atoms with van der Waals surface area (Å²) in [5.74, 6) is -6.70. The van der Waals surface area contributed by atoms with Crippen molar-refractivity contribution in [3.8, 4) is 0 Å². The third-order valence-electron chi connectivity index (χ3n) is 5.66. The van der Waals surface area contributed by atoms with Gasteiger partial charge in [-0.2, -0.15) is 8.78 Å². The van der Waals surface area contributed by atoms with Crippen LogP contribution in [0, 0.1) is 0 Å². The molecule has 1 unspecified atom stereocenters. The van der Waals surface area contributed by atoms with Crippen molar-refractivity contribution in [2.45, 2.75) is 32.6 Å². The molecule has 5 nitrogen and oxygen atoms in total. The Morgan fingerprint density at radius 3 is 2.11 bits per heavy atom. The molecule has 1 N–H and O–H groups in total. The van der Waals surface area contributed by atoms with Gasteiger partial charge in [0.25, 0.3) is 0 Å². The number of halogens is 3. The number of esters is 2. The van der Waals surface area contributed by atoms with E-state index in [4.69, 9.17) is 9.47 Å². The highest BCUT2D eigenvalue weighted by Gasteiger charge is 2.43. The Hall–Kier alpha value is -3.81. The van der Waals surface area contributed by atoms with E-state index < -0.39 is 36.0 Å². The molecule has 2 aromatic carbocycles. The Morgan fingerprint density at radius 1 is 0.917 bits per heavy atom. The number of carbonyl (C=O) groups is 2. The van der Waals surface area contributed by atoms with E-state index in [0.29, 0.717) is 5.70 Å². The van der Waals surface area contributed by atoms with E-state index in [0.717, 1.165) is 11.6 Å². The molecule has 0 saturated carbocycles. The summed E-state index contributed by atoms with van der Waals surface area (Å²) >= 11 is 0. The van der Waals surface area contributed by atoms with E-state index in [9.17, 15) is 22.8 Å². The summed E-state index contributed by atoms with van der Waals surface area (Å²) < 4.78 is 53.4. The maximum absolute atomic E-state index is 14.7. The minimum absolute atomic E-state index is 0.0183. The zero-order chi connectivity index (χ0) is 26.3. The van der Waals surface area contributed by atoms with Gasteiger partial charge in [0.05, 0.1) is 30.3 Å². The number of dihydropyridines is 1. The fourth-order valence-electron chi connectivity index (χ4n) is 4.11. The summed E-state index contributed by atoms with van der Waals surface area (Å²) in [5.41, 5.74) is 0.621. The molecule has 36 heavy (non-hydrogen) atoms. The SMILES string of the molecule is CCOC(=O)C1=C(C)NC(/C=C/c2ccccc2)=C(C(=O)OCC)C1c1ccccc1C(F)(F)CF. The van der Waals surface area contributed by atoms with Gasteiger partial charge >= 0.3 is 17.9 Å². The first-order chi connectivity index (χ1) is 17.2. The number of carbonyl (C=O) groups excluding carboxylic acids is 2. The molecular weight excluding hydrogens is 471 g/mol. The molecule has 190 valence electrons. The highest BCUT2D eigenvalue weighted by molar-refractivity contribution is 6.00. The summed E-state index contributed by atoms with van der Waals surface area (Å²) in [6.45, 7) is 2.93. The van der Waals surface area contributed by atoms with Gasteiger partial charge in [-0.3, -0.25) is 0 Å². The highest BCUT2D eigenvalue weighted by Crippen LogP contribution is 2.44. The zero-order valence-electron chi connectivity index (χ0n) is 20.3. The molecule has 2 aromatic rings. The van der Waals surface area contributed by atoms with E-state index in [-0.39, 0.29) is 35.6 Å². The van der Waals surface area contributed by atoms with Crippen LogP contribution in [0.5, 0.6) is 0 Å². The van der Waals surface area contributed by atoms with E-state index in [1.807, 2.05) is 30.3 Å². The van der Waals surface area contributed by atoms with Crippen molar-refractivity contribution in [2.75, 3.05) is 19.9 Å². The van der Waals surface area contributed by atoms with E-state index in [1.54, 1.807) is 32.9 Å². The fraction of sp³-hybridized carbons (Fsp3) is 0.286. The predicted octanol–water partition coefficient (Wildman–Crippen LogP) is 5.80. The Kier molecular flexibility index (Phi) is 8.74. The van der Waals surface area contributed by atoms with Crippen LogP contribution in [0.2, 0.25) is 0 Å². The number of hydrogen-bond donors (Lipinski definition) is 1. The number of rotatable bonds is 9. The Balaban J connectivity index is 2.32. The van der Waals surface area contributed by atoms with Crippen molar-refractivity contribution in [1.29, 1.82) is 0 Å². The van der Waals surface area contributed by atoms with Gasteiger partial charge < -0.3 is 14.8 Å². The molecule has 1 atom stereocenters. The average Bonchev–Trinajstić information content (AvgIpc) is 2.87. The van der Waals surface area contributed by atoms with Crippen molar-refractivity contribution < 1.29 is 32.2 Å². The number of nitrogens with one attached hydrogen (secondary N) is 1. The molecule has 0 saturated heterocycles. The minimum Gasteiger partial charge on any atom is -0.463 e. The number of hydrogen-bond acceptors (Lipinski definition) is 5. The van der Waals surface area contributed by atoms with Crippen molar-refractivity contribution in [2.24, 2.45) is 0 Å². The number of ether oxygens (including phenoxy) is 2. The lowest BCUT2D eigenvalue weighted by molar-refractivity contribution is -0.139. The van der Waals surface area contributed by atoms with E-state index >= 15 is 0 Å². The van der Waals surface area contributed by atoms with E-state index in [2.05, 4.69) is 5.32 Å². The smallest absolute Gasteiger partial charge is 0.337 e. The third-order valence-corrected chi connectivity index (χ3v) is 5.66. The molecule has 3 rings (SSSR count). The predicted molar refractivity (Wildman–Crippen MR) is 131 cm³/mol. The van der Waals surface area contributed by atoms with Crippen molar-refractivity contribution in [3.63, 3.8) is 0 Å². The topological polar surface area (TPSA) is 64.6 Å². The van der Waals surface area contributed by atoms with E-state index in [1.165, 1.54) is 18.2 Å². The summed E-state index contributed by atoms with van der Waals surface area (Å²) in [6, 6.07) is 14.6. The Labute approximate surface area is 208 Å². The maximum atomic E-state index is 14.7. The van der Waals surface area contributed by atoms with Gasteiger partial charge in [-0.25, -0.2) is 14.0 Å². The van der Waals surface area contributed by atoms with Gasteiger partial charge in [-0.05, 0) is 38.0 Å². The largest absolute Gasteiger partial charge is 0.463 e. The summed E-state index contributed by atoms with van der Waals surface area (Å²) in [6.07, 6.45) is 3.36. The molecule has 0 bridgehead atoms. The van der Waals surface area contributed by atoms with Crippen molar-refractivity contribution >= 4 is 18.0 Å². The van der Waals surface area contributed by atoms with Gasteiger partial charge in [0.1, 0.15) is 0 Å². The summed E-state index contributed by atoms with van der Waals surface area (Å²) in [4.78, 5) is 26.3. The Bertz CT molecular complexity index is 1200. The van der Waals surface area contributed by atoms with Crippen LogP contribution < -0.4 is 5.32 Å². The van der Waals surface area contributed by atoms with Crippen molar-refractivity contribution in [3.05, 3.63) is 99.9 Å². The molecule has 1 aliphatic heterocycles. The first kappa shape index (κ1) is 26.8. The lowest BCUT2D eigenvalue weighted by Crippen LogP contribution is -2.34. The van der Waals surface area contributed by atoms with Crippen LogP contribution in [0.4, 0.5) is 13.2 Å². The second-order valence-electron chi connectivity index (χ2n) is 8.03. The second kappa shape index (κ2) is 11.7. The molecule has 1 aliphatic rings. The minimum atomic E-state index is -3.84. The number of alkyl halides is 3. The van der Waals surface area contributed by atoms with Crippen LogP contribution in [0.1, 0.15) is 43.4 Å². The molecule has 0 spiro atoms. The molecular formula is C28H28F3NO4. The normalized spacial score (nSPS) is 16.2. The van der Waals surface area contributed by atoms with Crippen LogP contribution >= 0.6 is 0 Å². The lowest BCUT2D eigenvalue weighted by Gasteiger charge is -2.32. The third kappa shape index (κ3) is 5.70. The van der Waals surface area contributed by atoms with Crippen LogP contribution in [-0.2, 0) is 25.0 Å². The maximum Gasteiger partial charge on any atom is 0.337 e. The number of allylic oxidation sites excluding steroid dienone is 2. The standard InChI is InChI=1S/C28H28F3NO4/c1-4-35-26(33)23-18(3)32-22(16-15-19-11-7-6-8-12-19)25(27(34)36-5-2)24(23)20-13-9-10-14-21(20)28(30,31)17-29/h6-16,24,32H,4-5,17H2,1-3H3/b16-15+. The molecule has 0 fully saturated rings. The van der Waals surface area contributed by atoms with Gasteiger partial charge in [0.2, 0.25) is 0 Å². The zero-order valence-corrected chi connectivity index (χ0v) is 20.3. The van der Waals surface area contributed by atoms with Gasteiger partial charge in [0, 0.05) is 17.0 Å². The fourth-order valence-corrected chi connectivity index (χ4v) is 4.11. The highest BCUT2D eigenvalue weighted by atomic mass is 19.3. The lowest BCUT2D eigenvalue weighted by atomic mass is 9.77.